The van der Waals surface area contributed by atoms with Crippen LogP contribution in [0.5, 0.6) is 0 Å². The second-order valence-corrected chi connectivity index (χ2v) is 9.03. The molecule has 2 aromatic heterocycles. The predicted octanol–water partition coefficient (Wildman–Crippen LogP) is 2.27. The van der Waals surface area contributed by atoms with Gasteiger partial charge in [-0.25, -0.2) is 9.78 Å². The molecule has 3 rings (SSSR count). The molecule has 9 heteroatoms. The van der Waals surface area contributed by atoms with Gasteiger partial charge in [-0.05, 0) is 31.0 Å². The smallest absolute Gasteiger partial charge is 0.332 e. The van der Waals surface area contributed by atoms with E-state index in [2.05, 4.69) is 4.98 Å². The predicted molar refractivity (Wildman–Crippen MR) is 104 cm³/mol. The van der Waals surface area contributed by atoms with Crippen LogP contribution in [-0.2, 0) is 18.9 Å². The van der Waals surface area contributed by atoms with Gasteiger partial charge in [0.25, 0.3) is 5.56 Å². The number of aliphatic hydroxyl groups excluding tert-OH is 1. The first-order valence-corrected chi connectivity index (χ1v) is 9.57. The summed E-state index contributed by atoms with van der Waals surface area (Å²) in [5, 5.41) is 10.8. The summed E-state index contributed by atoms with van der Waals surface area (Å²) in [6.45, 7) is 7.67. The van der Waals surface area contributed by atoms with Crippen LogP contribution in [-0.4, -0.2) is 29.6 Å². The zero-order valence-corrected chi connectivity index (χ0v) is 17.2. The molecule has 0 radical (unpaired) electrons. The maximum atomic E-state index is 12.7. The molecule has 8 nitrogen and oxygen atoms in total. The highest BCUT2D eigenvalue weighted by atomic mass is 32.2. The van der Waals surface area contributed by atoms with E-state index in [1.807, 2.05) is 27.7 Å². The molecule has 0 spiro atoms. The van der Waals surface area contributed by atoms with E-state index in [1.165, 1.54) is 11.6 Å². The summed E-state index contributed by atoms with van der Waals surface area (Å²) in [6, 6.07) is -0.124. The van der Waals surface area contributed by atoms with Crippen molar-refractivity contribution in [2.24, 2.45) is 19.5 Å². The van der Waals surface area contributed by atoms with Gasteiger partial charge in [0.1, 0.15) is 5.76 Å². The molecule has 146 valence electrons. The van der Waals surface area contributed by atoms with Crippen molar-refractivity contribution in [3.8, 4) is 0 Å². The minimum atomic E-state index is -0.463. The van der Waals surface area contributed by atoms with Crippen molar-refractivity contribution in [3.05, 3.63) is 31.5 Å². The molecular formula is C18H24N4O4S. The molecule has 1 aliphatic rings. The van der Waals surface area contributed by atoms with Gasteiger partial charge >= 0.3 is 5.69 Å². The SMILES string of the molecule is CC(C)n1c(SC2=C(O)CC(C)(C)CC2=O)nc2c1c(=O)n(C)c(=O)n2C. The molecule has 0 aliphatic heterocycles. The highest BCUT2D eigenvalue weighted by Gasteiger charge is 2.34. The lowest BCUT2D eigenvalue weighted by Crippen LogP contribution is -2.37. The number of carbonyl (C=O) groups excluding carboxylic acids is 1. The topological polar surface area (TPSA) is 99.1 Å². The van der Waals surface area contributed by atoms with Gasteiger partial charge in [0, 0.05) is 33.0 Å². The van der Waals surface area contributed by atoms with Crippen LogP contribution in [0.4, 0.5) is 0 Å². The number of thioether (sulfide) groups is 1. The van der Waals surface area contributed by atoms with Crippen LogP contribution in [0.3, 0.4) is 0 Å². The Balaban J connectivity index is 2.25. The maximum Gasteiger partial charge on any atom is 0.332 e. The number of rotatable bonds is 3. The first-order valence-electron chi connectivity index (χ1n) is 8.75. The lowest BCUT2D eigenvalue weighted by Gasteiger charge is -2.29. The van der Waals surface area contributed by atoms with Crippen LogP contribution in [0, 0.1) is 5.41 Å². The van der Waals surface area contributed by atoms with Crippen LogP contribution in [0.15, 0.2) is 25.4 Å². The van der Waals surface area contributed by atoms with E-state index in [4.69, 9.17) is 0 Å². The Kier molecular flexibility index (Phi) is 4.62. The van der Waals surface area contributed by atoms with E-state index in [0.29, 0.717) is 23.5 Å². The monoisotopic (exact) mass is 392 g/mol. The van der Waals surface area contributed by atoms with Crippen LogP contribution >= 0.6 is 11.8 Å². The molecule has 27 heavy (non-hydrogen) atoms. The number of aromatic nitrogens is 4. The van der Waals surface area contributed by atoms with Crippen molar-refractivity contribution in [2.75, 3.05) is 0 Å². The quantitative estimate of drug-likeness (QED) is 0.860. The van der Waals surface area contributed by atoms with Gasteiger partial charge < -0.3 is 9.67 Å². The van der Waals surface area contributed by atoms with Gasteiger partial charge in [0.05, 0.1) is 4.91 Å². The highest BCUT2D eigenvalue weighted by Crippen LogP contribution is 2.42. The fourth-order valence-electron chi connectivity index (χ4n) is 3.42. The average molecular weight is 392 g/mol. The van der Waals surface area contributed by atoms with E-state index in [1.54, 1.807) is 11.6 Å². The minimum absolute atomic E-state index is 0.0467. The summed E-state index contributed by atoms with van der Waals surface area (Å²) in [7, 11) is 2.98. The standard InChI is InChI=1S/C18H24N4O4S/c1-9(2)22-12-14(20(5)17(26)21(6)15(12)25)19-16(22)27-13-10(23)7-18(3,4)8-11(13)24/h9,23H,7-8H2,1-6H3. The number of hydrogen-bond donors (Lipinski definition) is 1. The van der Waals surface area contributed by atoms with Crippen molar-refractivity contribution in [1.82, 2.24) is 18.7 Å². The number of fused-ring (bicyclic) bond motifs is 1. The number of carbonyl (C=O) groups is 1. The van der Waals surface area contributed by atoms with Crippen molar-refractivity contribution in [2.45, 2.75) is 51.7 Å². The third-order valence-corrected chi connectivity index (χ3v) is 5.91. The first-order chi connectivity index (χ1) is 12.4. The highest BCUT2D eigenvalue weighted by molar-refractivity contribution is 8.03. The second-order valence-electron chi connectivity index (χ2n) is 8.05. The van der Waals surface area contributed by atoms with Crippen molar-refractivity contribution in [3.63, 3.8) is 0 Å². The molecule has 0 fully saturated rings. The zero-order chi connectivity index (χ0) is 20.3. The van der Waals surface area contributed by atoms with Gasteiger partial charge in [-0.1, -0.05) is 13.8 Å². The molecule has 2 aromatic rings. The minimum Gasteiger partial charge on any atom is -0.511 e. The van der Waals surface area contributed by atoms with E-state index in [9.17, 15) is 19.5 Å². The third kappa shape index (κ3) is 3.13. The van der Waals surface area contributed by atoms with Crippen LogP contribution < -0.4 is 11.2 Å². The van der Waals surface area contributed by atoms with Gasteiger partial charge in [0.15, 0.2) is 22.1 Å². The Morgan fingerprint density at radius 3 is 2.30 bits per heavy atom. The second kappa shape index (κ2) is 6.40. The molecule has 0 atom stereocenters. The number of nitrogens with zero attached hydrogens (tertiary/aromatic N) is 4. The molecule has 2 heterocycles. The van der Waals surface area contributed by atoms with Crippen LogP contribution in [0.2, 0.25) is 0 Å². The molecule has 0 amide bonds. The van der Waals surface area contributed by atoms with Crippen LogP contribution in [0.25, 0.3) is 11.2 Å². The summed E-state index contributed by atoms with van der Waals surface area (Å²) in [6.07, 6.45) is 0.741. The van der Waals surface area contributed by atoms with E-state index in [0.717, 1.165) is 16.3 Å². The zero-order valence-electron chi connectivity index (χ0n) is 16.4. The number of aliphatic hydroxyl groups is 1. The summed E-state index contributed by atoms with van der Waals surface area (Å²) in [5.74, 6) is -0.0942. The number of ketones is 1. The number of allylic oxidation sites excluding steroid dienone is 2. The van der Waals surface area contributed by atoms with Crippen molar-refractivity contribution in [1.29, 1.82) is 0 Å². The summed E-state index contributed by atoms with van der Waals surface area (Å²) < 4.78 is 4.08. The van der Waals surface area contributed by atoms with E-state index < -0.39 is 11.2 Å². The fraction of sp³-hybridized carbons (Fsp3) is 0.556. The Bertz CT molecular complexity index is 1100. The van der Waals surface area contributed by atoms with Crippen LogP contribution in [0.1, 0.15) is 46.6 Å². The van der Waals surface area contributed by atoms with Gasteiger partial charge in [-0.15, -0.1) is 0 Å². The summed E-state index contributed by atoms with van der Waals surface area (Å²) in [5.41, 5.74) is -0.613. The lowest BCUT2D eigenvalue weighted by molar-refractivity contribution is -0.117. The number of aryl methyl sites for hydroxylation is 1. The van der Waals surface area contributed by atoms with Crippen molar-refractivity contribution < 1.29 is 9.90 Å². The molecule has 0 aromatic carbocycles. The molecule has 1 aliphatic carbocycles. The van der Waals surface area contributed by atoms with E-state index in [-0.39, 0.29) is 33.6 Å². The molecule has 1 N–H and O–H groups in total. The number of Topliss-reactive ketones (excluding diaryl/α,β-unsaturated/α-hetero) is 1. The van der Waals surface area contributed by atoms with Crippen molar-refractivity contribution >= 4 is 28.7 Å². The molecule has 0 saturated carbocycles. The summed E-state index contributed by atoms with van der Waals surface area (Å²) >= 11 is 1.06. The van der Waals surface area contributed by atoms with E-state index >= 15 is 0 Å². The lowest BCUT2D eigenvalue weighted by atomic mass is 9.79. The van der Waals surface area contributed by atoms with Gasteiger partial charge in [0.2, 0.25) is 0 Å². The Labute approximate surface area is 160 Å². The fourth-order valence-corrected chi connectivity index (χ4v) is 4.52. The first kappa shape index (κ1) is 19.5. The Morgan fingerprint density at radius 1 is 1.11 bits per heavy atom. The molecule has 0 saturated heterocycles. The Morgan fingerprint density at radius 2 is 1.74 bits per heavy atom. The number of hydrogen-bond acceptors (Lipinski definition) is 6. The van der Waals surface area contributed by atoms with Gasteiger partial charge in [-0.2, -0.15) is 0 Å². The van der Waals surface area contributed by atoms with Gasteiger partial charge in [-0.3, -0.25) is 18.7 Å². The molecular weight excluding hydrogens is 368 g/mol. The molecule has 0 unspecified atom stereocenters. The number of imidazole rings is 1. The normalized spacial score (nSPS) is 17.4. The average Bonchev–Trinajstić information content (AvgIpc) is 2.93. The third-order valence-electron chi connectivity index (χ3n) is 4.77. The largest absolute Gasteiger partial charge is 0.511 e. The summed E-state index contributed by atoms with van der Waals surface area (Å²) in [4.78, 5) is 42.2. The maximum absolute atomic E-state index is 12.7. The Hall–Kier alpha value is -2.29. The molecule has 0 bridgehead atoms.